The minimum Gasteiger partial charge on any atom is -0.494 e. The van der Waals surface area contributed by atoms with E-state index in [4.69, 9.17) is 28.6 Å². The second-order valence-electron chi connectivity index (χ2n) is 7.68. The van der Waals surface area contributed by atoms with E-state index >= 15 is 0 Å². The third-order valence-corrected chi connectivity index (χ3v) is 7.02. The molecule has 6 nitrogen and oxygen atoms in total. The molecule has 3 aromatic rings. The summed E-state index contributed by atoms with van der Waals surface area (Å²) < 4.78 is 5.51. The number of nitrogens with zero attached hydrogens (tertiary/aromatic N) is 2. The van der Waals surface area contributed by atoms with Gasteiger partial charge >= 0.3 is 0 Å². The van der Waals surface area contributed by atoms with Crippen molar-refractivity contribution in [1.29, 1.82) is 0 Å². The van der Waals surface area contributed by atoms with Crippen LogP contribution in [0.3, 0.4) is 0 Å². The Bertz CT molecular complexity index is 1150. The minimum atomic E-state index is -0.689. The standard InChI is InChI=1S/C25H24ClN3O3S2/c1-2-32-20-11-9-19(10-12-20)29-24(31)22(16-23(30)27-18-7-5-17(26)6-8-18)28(25(29)33)14-13-21-4-3-15-34-21/h3-12,15,22H,2,13-14,16H2,1H3,(H,27,30). The molecule has 1 unspecified atom stereocenters. The molecule has 1 fully saturated rings. The molecule has 176 valence electrons. The van der Waals surface area contributed by atoms with Crippen molar-refractivity contribution in [2.75, 3.05) is 23.4 Å². The highest BCUT2D eigenvalue weighted by Crippen LogP contribution is 2.29. The van der Waals surface area contributed by atoms with Gasteiger partial charge in [0, 0.05) is 22.1 Å². The van der Waals surface area contributed by atoms with Gasteiger partial charge in [0.1, 0.15) is 11.8 Å². The monoisotopic (exact) mass is 513 g/mol. The molecule has 4 rings (SSSR count). The number of hydrogen-bond acceptors (Lipinski definition) is 5. The van der Waals surface area contributed by atoms with Gasteiger partial charge in [0.2, 0.25) is 5.91 Å². The molecule has 0 bridgehead atoms. The molecule has 2 amide bonds. The second kappa shape index (κ2) is 11.0. The van der Waals surface area contributed by atoms with Crippen LogP contribution < -0.4 is 15.0 Å². The summed E-state index contributed by atoms with van der Waals surface area (Å²) in [4.78, 5) is 30.9. The maximum Gasteiger partial charge on any atom is 0.256 e. The van der Waals surface area contributed by atoms with Crippen LogP contribution in [0.25, 0.3) is 0 Å². The molecule has 1 atom stereocenters. The molecular formula is C25H24ClN3O3S2. The van der Waals surface area contributed by atoms with Crippen molar-refractivity contribution >= 4 is 63.5 Å². The highest BCUT2D eigenvalue weighted by Gasteiger charge is 2.43. The summed E-state index contributed by atoms with van der Waals surface area (Å²) in [6.45, 7) is 3.01. The van der Waals surface area contributed by atoms with Crippen LogP contribution in [0.15, 0.2) is 66.0 Å². The van der Waals surface area contributed by atoms with Crippen LogP contribution in [0, 0.1) is 0 Å². The molecule has 1 aromatic heterocycles. The lowest BCUT2D eigenvalue weighted by molar-refractivity contribution is -0.124. The Morgan fingerprint density at radius 3 is 2.53 bits per heavy atom. The number of hydrogen-bond donors (Lipinski definition) is 1. The SMILES string of the molecule is CCOc1ccc(N2C(=O)C(CC(=O)Nc3ccc(Cl)cc3)N(CCc3cccs3)C2=S)cc1. The number of carbonyl (C=O) groups excluding carboxylic acids is 2. The Kier molecular flexibility index (Phi) is 7.82. The van der Waals surface area contributed by atoms with Crippen molar-refractivity contribution in [2.45, 2.75) is 25.8 Å². The summed E-state index contributed by atoms with van der Waals surface area (Å²) in [5.74, 6) is 0.238. The van der Waals surface area contributed by atoms with E-state index in [0.29, 0.717) is 34.7 Å². The van der Waals surface area contributed by atoms with Crippen LogP contribution in [0.1, 0.15) is 18.2 Å². The molecule has 0 spiro atoms. The largest absolute Gasteiger partial charge is 0.494 e. The first-order valence-electron chi connectivity index (χ1n) is 10.9. The Morgan fingerprint density at radius 1 is 1.15 bits per heavy atom. The first-order valence-corrected chi connectivity index (χ1v) is 12.6. The predicted octanol–water partition coefficient (Wildman–Crippen LogP) is 5.37. The fourth-order valence-electron chi connectivity index (χ4n) is 3.79. The number of thiophene rings is 1. The van der Waals surface area contributed by atoms with E-state index in [9.17, 15) is 9.59 Å². The smallest absolute Gasteiger partial charge is 0.256 e. The number of nitrogens with one attached hydrogen (secondary N) is 1. The summed E-state index contributed by atoms with van der Waals surface area (Å²) >= 11 is 13.3. The van der Waals surface area contributed by atoms with Crippen LogP contribution in [-0.2, 0) is 16.0 Å². The number of anilines is 2. The maximum absolute atomic E-state index is 13.5. The zero-order chi connectivity index (χ0) is 24.1. The van der Waals surface area contributed by atoms with Crippen molar-refractivity contribution in [3.8, 4) is 5.75 Å². The molecular weight excluding hydrogens is 490 g/mol. The number of rotatable bonds is 9. The van der Waals surface area contributed by atoms with Crippen LogP contribution in [0.4, 0.5) is 11.4 Å². The topological polar surface area (TPSA) is 61.9 Å². The number of ether oxygens (including phenoxy) is 1. The third kappa shape index (κ3) is 5.58. The summed E-state index contributed by atoms with van der Waals surface area (Å²) in [7, 11) is 0. The van der Waals surface area contributed by atoms with Gasteiger partial charge in [-0.3, -0.25) is 14.5 Å². The molecule has 0 aliphatic carbocycles. The molecule has 0 saturated carbocycles. The van der Waals surface area contributed by atoms with Gasteiger partial charge in [-0.1, -0.05) is 17.7 Å². The molecule has 34 heavy (non-hydrogen) atoms. The van der Waals surface area contributed by atoms with Crippen molar-refractivity contribution in [3.63, 3.8) is 0 Å². The zero-order valence-corrected chi connectivity index (χ0v) is 21.0. The molecule has 1 aliphatic rings. The first-order chi connectivity index (χ1) is 16.5. The highest BCUT2D eigenvalue weighted by molar-refractivity contribution is 7.80. The summed E-state index contributed by atoms with van der Waals surface area (Å²) in [5, 5.41) is 5.85. The Labute approximate surface area is 213 Å². The fraction of sp³-hybridized carbons (Fsp3) is 0.240. The van der Waals surface area contributed by atoms with Crippen LogP contribution in [0.2, 0.25) is 5.02 Å². The highest BCUT2D eigenvalue weighted by atomic mass is 35.5. The molecule has 2 heterocycles. The summed E-state index contributed by atoms with van der Waals surface area (Å²) in [5.41, 5.74) is 1.27. The van der Waals surface area contributed by atoms with Gasteiger partial charge in [-0.05, 0) is 85.5 Å². The van der Waals surface area contributed by atoms with Gasteiger partial charge in [-0.2, -0.15) is 0 Å². The van der Waals surface area contributed by atoms with Crippen molar-refractivity contribution < 1.29 is 14.3 Å². The third-order valence-electron chi connectivity index (χ3n) is 5.41. The van der Waals surface area contributed by atoms with Gasteiger partial charge in [-0.15, -0.1) is 11.3 Å². The molecule has 1 saturated heterocycles. The van der Waals surface area contributed by atoms with Crippen LogP contribution in [0.5, 0.6) is 5.75 Å². The summed E-state index contributed by atoms with van der Waals surface area (Å²) in [6.07, 6.45) is 0.719. The summed E-state index contributed by atoms with van der Waals surface area (Å²) in [6, 6.07) is 17.5. The number of halogens is 1. The fourth-order valence-corrected chi connectivity index (χ4v) is 5.03. The van der Waals surface area contributed by atoms with Gasteiger partial charge in [0.25, 0.3) is 5.91 Å². The molecule has 2 aromatic carbocycles. The van der Waals surface area contributed by atoms with Crippen molar-refractivity contribution in [3.05, 3.63) is 75.9 Å². The molecule has 1 aliphatic heterocycles. The number of benzene rings is 2. The normalized spacial score (nSPS) is 15.6. The van der Waals surface area contributed by atoms with Crippen molar-refractivity contribution in [1.82, 2.24) is 4.90 Å². The van der Waals surface area contributed by atoms with E-state index in [2.05, 4.69) is 11.4 Å². The predicted molar refractivity (Wildman–Crippen MR) is 141 cm³/mol. The zero-order valence-electron chi connectivity index (χ0n) is 18.6. The molecule has 1 N–H and O–H groups in total. The van der Waals surface area contributed by atoms with E-state index in [1.165, 1.54) is 9.78 Å². The van der Waals surface area contributed by atoms with E-state index in [1.54, 1.807) is 35.6 Å². The average molecular weight is 514 g/mol. The van der Waals surface area contributed by atoms with Crippen LogP contribution >= 0.6 is 35.2 Å². The molecule has 9 heteroatoms. The quantitative estimate of drug-likeness (QED) is 0.389. The first kappa shape index (κ1) is 24.2. The van der Waals surface area contributed by atoms with E-state index in [1.807, 2.05) is 47.5 Å². The van der Waals surface area contributed by atoms with Crippen molar-refractivity contribution in [2.24, 2.45) is 0 Å². The van der Waals surface area contributed by atoms with Gasteiger partial charge in [0.05, 0.1) is 18.7 Å². The minimum absolute atomic E-state index is 0.0143. The van der Waals surface area contributed by atoms with Crippen LogP contribution in [-0.4, -0.2) is 41.0 Å². The Morgan fingerprint density at radius 2 is 1.88 bits per heavy atom. The Hall–Kier alpha value is -2.94. The number of carbonyl (C=O) groups is 2. The average Bonchev–Trinajstić information content (AvgIpc) is 3.42. The maximum atomic E-state index is 13.5. The second-order valence-corrected chi connectivity index (χ2v) is 9.51. The lowest BCUT2D eigenvalue weighted by Gasteiger charge is -2.23. The lowest BCUT2D eigenvalue weighted by atomic mass is 10.1. The van der Waals surface area contributed by atoms with Gasteiger partial charge in [-0.25, -0.2) is 0 Å². The van der Waals surface area contributed by atoms with E-state index in [0.717, 1.165) is 12.2 Å². The van der Waals surface area contributed by atoms with Gasteiger partial charge < -0.3 is 15.0 Å². The van der Waals surface area contributed by atoms with E-state index < -0.39 is 6.04 Å². The number of amides is 2. The molecule has 0 radical (unpaired) electrons. The van der Waals surface area contributed by atoms with E-state index in [-0.39, 0.29) is 18.2 Å². The lowest BCUT2D eigenvalue weighted by Crippen LogP contribution is -2.39. The Balaban J connectivity index is 1.54. The number of thiocarbonyl (C=S) groups is 1. The van der Waals surface area contributed by atoms with Gasteiger partial charge in [0.15, 0.2) is 5.11 Å².